The molecule has 0 unspecified atom stereocenters. The minimum Gasteiger partial charge on any atom is -0.381 e. The van der Waals surface area contributed by atoms with E-state index < -0.39 is 0 Å². The van der Waals surface area contributed by atoms with E-state index in [0.717, 1.165) is 57.1 Å². The van der Waals surface area contributed by atoms with Crippen LogP contribution in [0.5, 0.6) is 0 Å². The number of halogens is 1. The monoisotopic (exact) mass is 340 g/mol. The number of hydrogen-bond donors (Lipinski definition) is 2. The molecule has 0 spiro atoms. The number of guanidine groups is 1. The molecule has 1 aromatic heterocycles. The zero-order valence-electron chi connectivity index (χ0n) is 13.8. The topological polar surface area (TPSA) is 67.8 Å². The normalized spacial score (nSPS) is 17.8. The largest absolute Gasteiger partial charge is 0.381 e. The van der Waals surface area contributed by atoms with Crippen molar-refractivity contribution in [1.29, 1.82) is 0 Å². The second-order valence-corrected chi connectivity index (χ2v) is 5.98. The third-order valence-electron chi connectivity index (χ3n) is 4.13. The zero-order chi connectivity index (χ0) is 16.5. The predicted molar refractivity (Wildman–Crippen MR) is 92.1 cm³/mol. The summed E-state index contributed by atoms with van der Waals surface area (Å²) < 4.78 is 11.1. The third-order valence-corrected chi connectivity index (χ3v) is 4.36. The van der Waals surface area contributed by atoms with Crippen LogP contribution in [0.15, 0.2) is 23.3 Å². The van der Waals surface area contributed by atoms with Crippen molar-refractivity contribution in [2.45, 2.75) is 24.9 Å². The maximum Gasteiger partial charge on any atom is 0.191 e. The molecule has 1 aliphatic rings. The molecule has 0 radical (unpaired) electrons. The van der Waals surface area contributed by atoms with E-state index in [9.17, 15) is 0 Å². The zero-order valence-corrected chi connectivity index (χ0v) is 14.5. The molecule has 128 valence electrons. The Balaban J connectivity index is 1.75. The highest BCUT2D eigenvalue weighted by Gasteiger charge is 2.32. The third kappa shape index (κ3) is 5.64. The Morgan fingerprint density at radius 2 is 2.17 bits per heavy atom. The summed E-state index contributed by atoms with van der Waals surface area (Å²) in [6.45, 7) is 2.97. The van der Waals surface area contributed by atoms with Gasteiger partial charge in [0, 0.05) is 59.5 Å². The van der Waals surface area contributed by atoms with E-state index in [1.54, 1.807) is 26.4 Å². The molecular weight excluding hydrogens is 316 g/mol. The van der Waals surface area contributed by atoms with E-state index >= 15 is 0 Å². The van der Waals surface area contributed by atoms with Crippen molar-refractivity contribution in [3.8, 4) is 0 Å². The number of pyridine rings is 1. The number of rotatable bonds is 6. The minimum absolute atomic E-state index is 0.171. The molecule has 1 fully saturated rings. The average Bonchev–Trinajstić information content (AvgIpc) is 2.60. The van der Waals surface area contributed by atoms with Gasteiger partial charge in [0.25, 0.3) is 0 Å². The van der Waals surface area contributed by atoms with Gasteiger partial charge in [-0.15, -0.1) is 0 Å². The summed E-state index contributed by atoms with van der Waals surface area (Å²) in [6, 6.07) is 3.78. The Morgan fingerprint density at radius 3 is 2.78 bits per heavy atom. The highest BCUT2D eigenvalue weighted by Crippen LogP contribution is 2.23. The number of nitrogens with zero attached hydrogens (tertiary/aromatic N) is 2. The van der Waals surface area contributed by atoms with Crippen molar-refractivity contribution in [3.63, 3.8) is 0 Å². The standard InChI is InChI=1S/C16H25ClN4O2/c1-18-15(19-8-5-13-3-4-14(17)20-11-13)21-12-16(22-2)6-9-23-10-7-16/h3-4,11H,5-10,12H2,1-2H3,(H2,18,19,21). The van der Waals surface area contributed by atoms with E-state index in [-0.39, 0.29) is 5.60 Å². The molecule has 1 aromatic rings. The summed E-state index contributed by atoms with van der Waals surface area (Å²) in [4.78, 5) is 8.33. The van der Waals surface area contributed by atoms with Gasteiger partial charge in [-0.1, -0.05) is 17.7 Å². The van der Waals surface area contributed by atoms with Crippen molar-refractivity contribution >= 4 is 17.6 Å². The van der Waals surface area contributed by atoms with Crippen LogP contribution >= 0.6 is 11.6 Å². The lowest BCUT2D eigenvalue weighted by molar-refractivity contribution is -0.0855. The van der Waals surface area contributed by atoms with Gasteiger partial charge in [0.15, 0.2) is 5.96 Å². The maximum absolute atomic E-state index is 5.78. The van der Waals surface area contributed by atoms with E-state index in [1.807, 2.05) is 6.07 Å². The molecular formula is C16H25ClN4O2. The first-order chi connectivity index (χ1) is 11.2. The fraction of sp³-hybridized carbons (Fsp3) is 0.625. The van der Waals surface area contributed by atoms with Gasteiger partial charge in [0.1, 0.15) is 5.15 Å². The number of hydrogen-bond acceptors (Lipinski definition) is 4. The Bertz CT molecular complexity index is 501. The van der Waals surface area contributed by atoms with Crippen LogP contribution in [0.4, 0.5) is 0 Å². The van der Waals surface area contributed by atoms with Gasteiger partial charge in [-0.2, -0.15) is 0 Å². The molecule has 7 heteroatoms. The molecule has 0 amide bonds. The summed E-state index contributed by atoms with van der Waals surface area (Å²) in [7, 11) is 3.53. The number of methoxy groups -OCH3 is 1. The lowest BCUT2D eigenvalue weighted by Crippen LogP contribution is -2.51. The van der Waals surface area contributed by atoms with Gasteiger partial charge >= 0.3 is 0 Å². The van der Waals surface area contributed by atoms with Crippen molar-refractivity contribution in [2.24, 2.45) is 4.99 Å². The van der Waals surface area contributed by atoms with Gasteiger partial charge in [0.2, 0.25) is 0 Å². The summed E-state index contributed by atoms with van der Waals surface area (Å²) in [5.41, 5.74) is 0.964. The van der Waals surface area contributed by atoms with Crippen molar-refractivity contribution < 1.29 is 9.47 Å². The predicted octanol–water partition coefficient (Wildman–Crippen LogP) is 1.64. The van der Waals surface area contributed by atoms with Crippen LogP contribution in [0.1, 0.15) is 18.4 Å². The summed E-state index contributed by atoms with van der Waals surface area (Å²) >= 11 is 5.78. The number of aliphatic imine (C=N–C) groups is 1. The molecule has 0 saturated carbocycles. The maximum atomic E-state index is 5.78. The van der Waals surface area contributed by atoms with Crippen LogP contribution in [0.2, 0.25) is 5.15 Å². The first-order valence-electron chi connectivity index (χ1n) is 7.85. The van der Waals surface area contributed by atoms with Crippen molar-refractivity contribution in [1.82, 2.24) is 15.6 Å². The number of nitrogens with one attached hydrogen (secondary N) is 2. The second-order valence-electron chi connectivity index (χ2n) is 5.59. The van der Waals surface area contributed by atoms with Crippen LogP contribution in [-0.2, 0) is 15.9 Å². The Hall–Kier alpha value is -1.37. The molecule has 1 aliphatic heterocycles. The molecule has 0 aliphatic carbocycles. The van der Waals surface area contributed by atoms with Crippen LogP contribution in [0, 0.1) is 0 Å². The van der Waals surface area contributed by atoms with Gasteiger partial charge in [0.05, 0.1) is 5.60 Å². The molecule has 0 atom stereocenters. The Morgan fingerprint density at radius 1 is 1.39 bits per heavy atom. The van der Waals surface area contributed by atoms with Crippen LogP contribution in [0.25, 0.3) is 0 Å². The lowest BCUT2D eigenvalue weighted by Gasteiger charge is -2.36. The molecule has 0 aromatic carbocycles. The average molecular weight is 341 g/mol. The Labute approximate surface area is 142 Å². The Kier molecular flexibility index (Phi) is 7.08. The molecule has 1 saturated heterocycles. The molecule has 2 heterocycles. The van der Waals surface area contributed by atoms with Gasteiger partial charge in [-0.3, -0.25) is 4.99 Å². The SMILES string of the molecule is CN=C(NCCc1ccc(Cl)nc1)NCC1(OC)CCOCC1. The quantitative estimate of drug-likeness (QED) is 0.468. The van der Waals surface area contributed by atoms with E-state index in [2.05, 4.69) is 20.6 Å². The summed E-state index contributed by atoms with van der Waals surface area (Å²) in [5, 5.41) is 7.17. The van der Waals surface area contributed by atoms with E-state index in [1.165, 1.54) is 0 Å². The molecule has 6 nitrogen and oxygen atoms in total. The first kappa shape index (κ1) is 18.0. The second kappa shape index (κ2) is 9.05. The summed E-state index contributed by atoms with van der Waals surface area (Å²) in [6.07, 6.45) is 4.43. The highest BCUT2D eigenvalue weighted by molar-refractivity contribution is 6.29. The van der Waals surface area contributed by atoms with Gasteiger partial charge in [-0.05, 0) is 18.1 Å². The fourth-order valence-electron chi connectivity index (χ4n) is 2.54. The molecule has 2 N–H and O–H groups in total. The van der Waals surface area contributed by atoms with Crippen LogP contribution in [-0.4, -0.2) is 57.0 Å². The minimum atomic E-state index is -0.171. The van der Waals surface area contributed by atoms with Crippen molar-refractivity contribution in [3.05, 3.63) is 29.0 Å². The van der Waals surface area contributed by atoms with Crippen molar-refractivity contribution in [2.75, 3.05) is 40.5 Å². The van der Waals surface area contributed by atoms with E-state index in [0.29, 0.717) is 5.15 Å². The van der Waals surface area contributed by atoms with Gasteiger partial charge < -0.3 is 20.1 Å². The first-order valence-corrected chi connectivity index (χ1v) is 8.23. The fourth-order valence-corrected chi connectivity index (χ4v) is 2.65. The smallest absolute Gasteiger partial charge is 0.191 e. The summed E-state index contributed by atoms with van der Waals surface area (Å²) in [5.74, 6) is 0.773. The molecule has 23 heavy (non-hydrogen) atoms. The number of ether oxygens (including phenoxy) is 2. The van der Waals surface area contributed by atoms with Crippen LogP contribution in [0.3, 0.4) is 0 Å². The van der Waals surface area contributed by atoms with Gasteiger partial charge in [-0.25, -0.2) is 4.98 Å². The molecule has 0 bridgehead atoms. The lowest BCUT2D eigenvalue weighted by atomic mass is 9.94. The molecule has 2 rings (SSSR count). The van der Waals surface area contributed by atoms with E-state index in [4.69, 9.17) is 21.1 Å². The highest BCUT2D eigenvalue weighted by atomic mass is 35.5. The number of aromatic nitrogens is 1. The van der Waals surface area contributed by atoms with Crippen LogP contribution < -0.4 is 10.6 Å².